The minimum Gasteiger partial charge on any atom is -0.480 e. The van der Waals surface area contributed by atoms with E-state index in [0.717, 1.165) is 57.2 Å². The molecule has 0 spiro atoms. The Bertz CT molecular complexity index is 576. The van der Waals surface area contributed by atoms with Crippen LogP contribution in [-0.4, -0.2) is 46.6 Å². The maximum Gasteiger partial charge on any atom is 0.326 e. The first-order valence-corrected chi connectivity index (χ1v) is 8.94. The van der Waals surface area contributed by atoms with Gasteiger partial charge in [0.1, 0.15) is 11.6 Å². The zero-order valence-corrected chi connectivity index (χ0v) is 14.0. The van der Waals surface area contributed by atoms with Gasteiger partial charge in [-0.3, -0.25) is 9.69 Å². The Labute approximate surface area is 143 Å². The monoisotopic (exact) mass is 330 g/mol. The number of nitrogens with zero attached hydrogens (tertiary/aromatic N) is 1. The summed E-state index contributed by atoms with van der Waals surface area (Å²) in [6.45, 7) is 1.90. The first kappa shape index (κ1) is 17.0. The normalized spacial score (nSPS) is 21.5. The number of carbonyl (C=O) groups excluding carboxylic acids is 1. The number of hydrogen-bond donors (Lipinski definition) is 2. The van der Waals surface area contributed by atoms with Gasteiger partial charge in [0.2, 0.25) is 5.91 Å². The highest BCUT2D eigenvalue weighted by Gasteiger charge is 2.47. The number of carboxylic acid groups (broad SMARTS) is 1. The molecule has 1 aromatic carbocycles. The topological polar surface area (TPSA) is 69.6 Å². The lowest BCUT2D eigenvalue weighted by atomic mass is 9.93. The minimum atomic E-state index is -0.971. The molecule has 1 heterocycles. The van der Waals surface area contributed by atoms with E-state index in [-0.39, 0.29) is 5.91 Å². The van der Waals surface area contributed by atoms with Crippen LogP contribution in [-0.2, 0) is 16.0 Å². The molecular formula is C19H26N2O3. The van der Waals surface area contributed by atoms with Crippen molar-refractivity contribution >= 4 is 11.9 Å². The lowest BCUT2D eigenvalue weighted by Crippen LogP contribution is -2.59. The van der Waals surface area contributed by atoms with Gasteiger partial charge in [0.25, 0.3) is 0 Å². The maximum absolute atomic E-state index is 13.0. The summed E-state index contributed by atoms with van der Waals surface area (Å²) in [4.78, 5) is 27.0. The predicted molar refractivity (Wildman–Crippen MR) is 91.7 cm³/mol. The fraction of sp³-hybridized carbons (Fsp3) is 0.579. The zero-order chi connectivity index (χ0) is 17.0. The standard InChI is InChI=1S/C19H26N2O3/c22-17(23)16(14-15-8-2-1-3-9-15)20-18(24)19(10-4-5-11-19)21-12-6-7-13-21/h1-3,8-9,16H,4-7,10-14H2,(H,20,24)(H,22,23)/t16-/m0/s1. The van der Waals surface area contributed by atoms with E-state index in [9.17, 15) is 14.7 Å². The van der Waals surface area contributed by atoms with Crippen LogP contribution in [0.2, 0.25) is 0 Å². The molecule has 1 aliphatic carbocycles. The Kier molecular flexibility index (Phi) is 5.19. The SMILES string of the molecule is O=C(O)[C@H](Cc1ccccc1)NC(=O)C1(N2CCCC2)CCCC1. The third-order valence-electron chi connectivity index (χ3n) is 5.45. The molecule has 1 saturated heterocycles. The highest BCUT2D eigenvalue weighted by Crippen LogP contribution is 2.37. The number of amides is 1. The van der Waals surface area contributed by atoms with E-state index in [0.29, 0.717) is 6.42 Å². The van der Waals surface area contributed by atoms with E-state index in [1.807, 2.05) is 30.3 Å². The zero-order valence-electron chi connectivity index (χ0n) is 14.0. The van der Waals surface area contributed by atoms with Crippen molar-refractivity contribution in [3.8, 4) is 0 Å². The van der Waals surface area contributed by atoms with Gasteiger partial charge in [-0.25, -0.2) is 4.79 Å². The summed E-state index contributed by atoms with van der Waals surface area (Å²) in [6.07, 6.45) is 6.34. The lowest BCUT2D eigenvalue weighted by Gasteiger charge is -2.38. The van der Waals surface area contributed by atoms with Crippen molar-refractivity contribution < 1.29 is 14.7 Å². The van der Waals surface area contributed by atoms with Gasteiger partial charge in [-0.15, -0.1) is 0 Å². The van der Waals surface area contributed by atoms with E-state index in [1.165, 1.54) is 0 Å². The molecule has 130 valence electrons. The Hall–Kier alpha value is -1.88. The predicted octanol–water partition coefficient (Wildman–Crippen LogP) is 2.21. The highest BCUT2D eigenvalue weighted by atomic mass is 16.4. The molecule has 1 aromatic rings. The molecule has 5 nitrogen and oxygen atoms in total. The first-order valence-electron chi connectivity index (χ1n) is 8.94. The van der Waals surface area contributed by atoms with Crippen LogP contribution in [0, 0.1) is 0 Å². The number of likely N-dealkylation sites (tertiary alicyclic amines) is 1. The average molecular weight is 330 g/mol. The van der Waals surface area contributed by atoms with Gasteiger partial charge in [0, 0.05) is 6.42 Å². The molecule has 2 fully saturated rings. The number of nitrogens with one attached hydrogen (secondary N) is 1. The Morgan fingerprint density at radius 2 is 1.71 bits per heavy atom. The third kappa shape index (κ3) is 3.46. The summed E-state index contributed by atoms with van der Waals surface area (Å²) in [6, 6.07) is 8.60. The van der Waals surface area contributed by atoms with E-state index in [2.05, 4.69) is 10.2 Å². The molecule has 1 aliphatic heterocycles. The van der Waals surface area contributed by atoms with Crippen LogP contribution in [0.4, 0.5) is 0 Å². The van der Waals surface area contributed by atoms with Crippen LogP contribution in [0.15, 0.2) is 30.3 Å². The second kappa shape index (κ2) is 7.34. The van der Waals surface area contributed by atoms with Crippen LogP contribution in [0.1, 0.15) is 44.1 Å². The van der Waals surface area contributed by atoms with Crippen molar-refractivity contribution in [2.45, 2.75) is 56.5 Å². The minimum absolute atomic E-state index is 0.0924. The highest BCUT2D eigenvalue weighted by molar-refractivity contribution is 5.90. The van der Waals surface area contributed by atoms with Crippen LogP contribution in [0.25, 0.3) is 0 Å². The first-order chi connectivity index (χ1) is 11.6. The smallest absolute Gasteiger partial charge is 0.326 e. The molecule has 0 unspecified atom stereocenters. The van der Waals surface area contributed by atoms with Gasteiger partial charge >= 0.3 is 5.97 Å². The number of aliphatic carboxylic acids is 1. The van der Waals surface area contributed by atoms with Gasteiger partial charge in [-0.1, -0.05) is 43.2 Å². The summed E-state index contributed by atoms with van der Waals surface area (Å²) >= 11 is 0. The second-order valence-corrected chi connectivity index (χ2v) is 6.99. The summed E-state index contributed by atoms with van der Waals surface area (Å²) in [5.74, 6) is -1.06. The Morgan fingerprint density at radius 3 is 2.29 bits per heavy atom. The van der Waals surface area contributed by atoms with Gasteiger partial charge in [0.15, 0.2) is 0 Å². The van der Waals surface area contributed by atoms with E-state index in [1.54, 1.807) is 0 Å². The van der Waals surface area contributed by atoms with Crippen molar-refractivity contribution in [2.24, 2.45) is 0 Å². The van der Waals surface area contributed by atoms with Gasteiger partial charge < -0.3 is 10.4 Å². The molecular weight excluding hydrogens is 304 g/mol. The molecule has 24 heavy (non-hydrogen) atoms. The Balaban J connectivity index is 1.73. The Morgan fingerprint density at radius 1 is 1.08 bits per heavy atom. The van der Waals surface area contributed by atoms with Gasteiger partial charge in [-0.2, -0.15) is 0 Å². The molecule has 0 bridgehead atoms. The van der Waals surface area contributed by atoms with Crippen LogP contribution >= 0.6 is 0 Å². The fourth-order valence-electron chi connectivity index (χ4n) is 4.13. The average Bonchev–Trinajstić information content (AvgIpc) is 3.27. The van der Waals surface area contributed by atoms with Crippen molar-refractivity contribution in [3.05, 3.63) is 35.9 Å². The van der Waals surface area contributed by atoms with Gasteiger partial charge in [0.05, 0.1) is 0 Å². The third-order valence-corrected chi connectivity index (χ3v) is 5.45. The molecule has 1 amide bonds. The van der Waals surface area contributed by atoms with E-state index in [4.69, 9.17) is 0 Å². The number of hydrogen-bond acceptors (Lipinski definition) is 3. The van der Waals surface area contributed by atoms with Gasteiger partial charge in [-0.05, 0) is 44.3 Å². The lowest BCUT2D eigenvalue weighted by molar-refractivity contribution is -0.144. The number of benzene rings is 1. The number of rotatable bonds is 6. The molecule has 1 atom stereocenters. The van der Waals surface area contributed by atoms with Crippen LogP contribution < -0.4 is 5.32 Å². The van der Waals surface area contributed by atoms with E-state index >= 15 is 0 Å². The fourth-order valence-corrected chi connectivity index (χ4v) is 4.13. The molecule has 3 rings (SSSR count). The van der Waals surface area contributed by atoms with Crippen molar-refractivity contribution in [1.82, 2.24) is 10.2 Å². The number of carbonyl (C=O) groups is 2. The molecule has 2 aliphatic rings. The summed E-state index contributed by atoms with van der Waals surface area (Å²) in [7, 11) is 0. The maximum atomic E-state index is 13.0. The van der Waals surface area contributed by atoms with Crippen LogP contribution in [0.3, 0.4) is 0 Å². The molecule has 0 radical (unpaired) electrons. The largest absolute Gasteiger partial charge is 0.480 e. The second-order valence-electron chi connectivity index (χ2n) is 6.99. The molecule has 1 saturated carbocycles. The summed E-state index contributed by atoms with van der Waals surface area (Å²) in [5.41, 5.74) is 0.438. The van der Waals surface area contributed by atoms with Crippen LogP contribution in [0.5, 0.6) is 0 Å². The molecule has 0 aromatic heterocycles. The van der Waals surface area contributed by atoms with Crippen molar-refractivity contribution in [2.75, 3.05) is 13.1 Å². The number of carboxylic acids is 1. The van der Waals surface area contributed by atoms with Crippen molar-refractivity contribution in [1.29, 1.82) is 0 Å². The summed E-state index contributed by atoms with van der Waals surface area (Å²) < 4.78 is 0. The summed E-state index contributed by atoms with van der Waals surface area (Å²) in [5, 5.41) is 12.4. The van der Waals surface area contributed by atoms with E-state index < -0.39 is 17.6 Å². The quantitative estimate of drug-likeness (QED) is 0.839. The molecule has 2 N–H and O–H groups in total. The van der Waals surface area contributed by atoms with Crippen molar-refractivity contribution in [3.63, 3.8) is 0 Å². The molecule has 5 heteroatoms.